The number of carbonyl (C=O) groups is 2. The maximum absolute atomic E-state index is 12.8. The van der Waals surface area contributed by atoms with Gasteiger partial charge in [0.05, 0.1) is 28.3 Å². The summed E-state index contributed by atoms with van der Waals surface area (Å²) in [7, 11) is -3.11. The first-order valence-electron chi connectivity index (χ1n) is 9.63. The Morgan fingerprint density at radius 2 is 1.87 bits per heavy atom. The average molecular weight is 459 g/mol. The maximum Gasteiger partial charge on any atom is 0.339 e. The summed E-state index contributed by atoms with van der Waals surface area (Å²) in [6.45, 7) is -0.498. The number of hydrogen-bond donors (Lipinski definition) is 1. The van der Waals surface area contributed by atoms with Gasteiger partial charge < -0.3 is 10.1 Å². The van der Waals surface area contributed by atoms with E-state index in [1.165, 1.54) is 0 Å². The first kappa shape index (κ1) is 21.3. The van der Waals surface area contributed by atoms with Crippen molar-refractivity contribution in [3.63, 3.8) is 0 Å². The van der Waals surface area contributed by atoms with E-state index < -0.39 is 34.4 Å². The van der Waals surface area contributed by atoms with E-state index >= 15 is 0 Å². The van der Waals surface area contributed by atoms with Crippen LogP contribution in [-0.2, 0) is 19.4 Å². The lowest BCUT2D eigenvalue weighted by Gasteiger charge is -2.12. The Morgan fingerprint density at radius 3 is 2.58 bits per heavy atom. The van der Waals surface area contributed by atoms with Gasteiger partial charge in [0.15, 0.2) is 16.4 Å². The number of pyridine rings is 1. The first-order valence-corrected chi connectivity index (χ1v) is 11.8. The lowest BCUT2D eigenvalue weighted by atomic mass is 10.0. The molecule has 2 aromatic carbocycles. The molecule has 0 saturated carbocycles. The smallest absolute Gasteiger partial charge is 0.339 e. The molecule has 1 aliphatic heterocycles. The minimum absolute atomic E-state index is 0.0498. The molecule has 1 aromatic heterocycles. The minimum atomic E-state index is -3.11. The number of rotatable bonds is 5. The molecule has 2 heterocycles. The molecule has 0 bridgehead atoms. The molecular formula is C22H19ClN2O5S. The predicted molar refractivity (Wildman–Crippen MR) is 118 cm³/mol. The van der Waals surface area contributed by atoms with Gasteiger partial charge in [0.25, 0.3) is 5.91 Å². The number of aromatic nitrogens is 1. The topological polar surface area (TPSA) is 102 Å². The van der Waals surface area contributed by atoms with E-state index in [0.717, 1.165) is 5.56 Å². The predicted octanol–water partition coefficient (Wildman–Crippen LogP) is 3.02. The number of nitrogens with one attached hydrogen (secondary N) is 1. The molecule has 31 heavy (non-hydrogen) atoms. The number of fused-ring (bicyclic) bond motifs is 1. The summed E-state index contributed by atoms with van der Waals surface area (Å²) >= 11 is 5.96. The highest BCUT2D eigenvalue weighted by Crippen LogP contribution is 2.26. The molecule has 3 aromatic rings. The van der Waals surface area contributed by atoms with E-state index in [9.17, 15) is 18.0 Å². The summed E-state index contributed by atoms with van der Waals surface area (Å²) in [6, 6.07) is 15.4. The molecule has 1 aliphatic rings. The molecule has 0 aliphatic carbocycles. The summed E-state index contributed by atoms with van der Waals surface area (Å²) < 4.78 is 28.3. The Morgan fingerprint density at radius 1 is 1.13 bits per heavy atom. The first-order chi connectivity index (χ1) is 14.8. The Labute approximate surface area is 184 Å². The highest BCUT2D eigenvalue weighted by Gasteiger charge is 2.29. The second kappa shape index (κ2) is 8.64. The van der Waals surface area contributed by atoms with E-state index in [0.29, 0.717) is 28.0 Å². The third-order valence-corrected chi connectivity index (χ3v) is 7.03. The molecule has 160 valence electrons. The molecule has 0 spiro atoms. The molecule has 1 saturated heterocycles. The van der Waals surface area contributed by atoms with Crippen molar-refractivity contribution in [2.75, 3.05) is 18.1 Å². The van der Waals surface area contributed by atoms with Crippen molar-refractivity contribution >= 4 is 44.2 Å². The molecule has 0 radical (unpaired) electrons. The van der Waals surface area contributed by atoms with Gasteiger partial charge in [-0.3, -0.25) is 4.79 Å². The third-order valence-electron chi connectivity index (χ3n) is 5.01. The van der Waals surface area contributed by atoms with E-state index in [4.69, 9.17) is 16.3 Å². The monoisotopic (exact) mass is 458 g/mol. The van der Waals surface area contributed by atoms with Gasteiger partial charge >= 0.3 is 5.97 Å². The highest BCUT2D eigenvalue weighted by molar-refractivity contribution is 7.91. The molecule has 1 N–H and O–H groups in total. The Bertz CT molecular complexity index is 1260. The van der Waals surface area contributed by atoms with Crippen LogP contribution in [0.1, 0.15) is 16.8 Å². The molecule has 7 nitrogen and oxygen atoms in total. The van der Waals surface area contributed by atoms with E-state index in [2.05, 4.69) is 10.3 Å². The largest absolute Gasteiger partial charge is 0.452 e. The van der Waals surface area contributed by atoms with Crippen LogP contribution in [-0.4, -0.2) is 49.4 Å². The van der Waals surface area contributed by atoms with Crippen LogP contribution in [0, 0.1) is 0 Å². The average Bonchev–Trinajstić information content (AvgIpc) is 3.09. The normalized spacial score (nSPS) is 17.4. The Kier molecular flexibility index (Phi) is 5.93. The van der Waals surface area contributed by atoms with Crippen LogP contribution >= 0.6 is 11.6 Å². The summed E-state index contributed by atoms with van der Waals surface area (Å²) in [5, 5.41) is 3.79. The third kappa shape index (κ3) is 5.03. The number of halogens is 1. The van der Waals surface area contributed by atoms with E-state index in [1.54, 1.807) is 48.5 Å². The zero-order chi connectivity index (χ0) is 22.0. The van der Waals surface area contributed by atoms with Gasteiger partial charge in [-0.15, -0.1) is 0 Å². The molecule has 1 amide bonds. The summed E-state index contributed by atoms with van der Waals surface area (Å²) in [5.74, 6) is -1.24. The van der Waals surface area contributed by atoms with Gasteiger partial charge in [-0.2, -0.15) is 0 Å². The number of para-hydroxylation sites is 1. The number of benzene rings is 2. The second-order valence-electron chi connectivity index (χ2n) is 7.32. The van der Waals surface area contributed by atoms with Gasteiger partial charge in [-0.05, 0) is 30.7 Å². The van der Waals surface area contributed by atoms with Crippen LogP contribution in [0.15, 0.2) is 54.6 Å². The van der Waals surface area contributed by atoms with Gasteiger partial charge in [0.2, 0.25) is 0 Å². The number of ether oxygens (including phenoxy) is 1. The number of esters is 1. The van der Waals surface area contributed by atoms with Crippen molar-refractivity contribution < 1.29 is 22.7 Å². The zero-order valence-electron chi connectivity index (χ0n) is 16.4. The summed E-state index contributed by atoms with van der Waals surface area (Å²) in [5.41, 5.74) is 2.25. The number of amides is 1. The standard InChI is InChI=1S/C22H19ClN2O5S/c23-15-7-5-14(6-8-15)20-11-18(17-3-1-2-4-19(17)25-20)22(27)30-12-21(26)24-16-9-10-31(28,29)13-16/h1-8,11,16H,9-10,12-13H2,(H,24,26). The summed E-state index contributed by atoms with van der Waals surface area (Å²) in [4.78, 5) is 29.5. The minimum Gasteiger partial charge on any atom is -0.452 e. The number of nitrogens with zero attached hydrogens (tertiary/aromatic N) is 1. The maximum atomic E-state index is 12.8. The number of sulfone groups is 1. The zero-order valence-corrected chi connectivity index (χ0v) is 17.9. The van der Waals surface area contributed by atoms with Crippen molar-refractivity contribution in [3.8, 4) is 11.3 Å². The fraction of sp³-hybridized carbons (Fsp3) is 0.227. The van der Waals surface area contributed by atoms with E-state index in [1.807, 2.05) is 6.07 Å². The molecule has 9 heteroatoms. The van der Waals surface area contributed by atoms with Crippen LogP contribution in [0.25, 0.3) is 22.2 Å². The Balaban J connectivity index is 1.53. The van der Waals surface area contributed by atoms with Gasteiger partial charge in [-0.25, -0.2) is 18.2 Å². The molecule has 1 unspecified atom stereocenters. The molecule has 1 atom stereocenters. The van der Waals surface area contributed by atoms with Crippen LogP contribution in [0.4, 0.5) is 0 Å². The van der Waals surface area contributed by atoms with Crippen LogP contribution in [0.3, 0.4) is 0 Å². The number of carbonyl (C=O) groups excluding carboxylic acids is 2. The summed E-state index contributed by atoms with van der Waals surface area (Å²) in [6.07, 6.45) is 0.363. The molecule has 1 fully saturated rings. The van der Waals surface area contributed by atoms with Crippen LogP contribution < -0.4 is 5.32 Å². The van der Waals surface area contributed by atoms with Gasteiger partial charge in [-0.1, -0.05) is 41.9 Å². The van der Waals surface area contributed by atoms with Crippen molar-refractivity contribution in [1.29, 1.82) is 0 Å². The van der Waals surface area contributed by atoms with Gasteiger partial charge in [0, 0.05) is 22.0 Å². The van der Waals surface area contributed by atoms with Crippen molar-refractivity contribution in [3.05, 3.63) is 65.2 Å². The SMILES string of the molecule is O=C(COC(=O)c1cc(-c2ccc(Cl)cc2)nc2ccccc12)NC1CCS(=O)(=O)C1. The van der Waals surface area contributed by atoms with Crippen molar-refractivity contribution in [2.45, 2.75) is 12.5 Å². The number of hydrogen-bond acceptors (Lipinski definition) is 6. The van der Waals surface area contributed by atoms with E-state index in [-0.39, 0.29) is 17.1 Å². The van der Waals surface area contributed by atoms with Crippen LogP contribution in [0.2, 0.25) is 5.02 Å². The fourth-order valence-corrected chi connectivity index (χ4v) is 5.30. The highest BCUT2D eigenvalue weighted by atomic mass is 35.5. The quantitative estimate of drug-likeness (QED) is 0.589. The fourth-order valence-electron chi connectivity index (χ4n) is 3.50. The van der Waals surface area contributed by atoms with Gasteiger partial charge in [0.1, 0.15) is 0 Å². The van der Waals surface area contributed by atoms with Crippen molar-refractivity contribution in [1.82, 2.24) is 10.3 Å². The van der Waals surface area contributed by atoms with Crippen molar-refractivity contribution in [2.24, 2.45) is 0 Å². The molecular weight excluding hydrogens is 440 g/mol. The second-order valence-corrected chi connectivity index (χ2v) is 9.99. The lowest BCUT2D eigenvalue weighted by molar-refractivity contribution is -0.124. The van der Waals surface area contributed by atoms with Crippen LogP contribution in [0.5, 0.6) is 0 Å². The lowest BCUT2D eigenvalue weighted by Crippen LogP contribution is -2.38. The molecule has 4 rings (SSSR count). The Hall–Kier alpha value is -2.97.